The molecule has 0 fully saturated rings. The number of pyridine rings is 1. The zero-order valence-corrected chi connectivity index (χ0v) is 10.3. The van der Waals surface area contributed by atoms with E-state index in [0.29, 0.717) is 6.04 Å². The lowest BCUT2D eigenvalue weighted by Crippen LogP contribution is -2.05. The van der Waals surface area contributed by atoms with Crippen LogP contribution in [0.2, 0.25) is 5.02 Å². The number of halogens is 1. The summed E-state index contributed by atoms with van der Waals surface area (Å²) in [6.45, 7) is 2.09. The van der Waals surface area contributed by atoms with Crippen molar-refractivity contribution in [1.29, 1.82) is 0 Å². The van der Waals surface area contributed by atoms with Crippen LogP contribution in [0.5, 0.6) is 0 Å². The summed E-state index contributed by atoms with van der Waals surface area (Å²) in [5, 5.41) is 4.36. The van der Waals surface area contributed by atoms with Gasteiger partial charge in [-0.15, -0.1) is 0 Å². The first-order chi connectivity index (χ1) is 8.24. The summed E-state index contributed by atoms with van der Waals surface area (Å²) < 4.78 is 0. The number of anilines is 1. The molecule has 17 heavy (non-hydrogen) atoms. The van der Waals surface area contributed by atoms with Crippen molar-refractivity contribution in [2.45, 2.75) is 19.4 Å². The summed E-state index contributed by atoms with van der Waals surface area (Å²) in [6.07, 6.45) is 4.69. The van der Waals surface area contributed by atoms with Gasteiger partial charge in [-0.3, -0.25) is 4.98 Å². The van der Waals surface area contributed by atoms with Crippen LogP contribution < -0.4 is 5.32 Å². The van der Waals surface area contributed by atoms with Crippen molar-refractivity contribution < 1.29 is 0 Å². The quantitative estimate of drug-likeness (QED) is 0.826. The van der Waals surface area contributed by atoms with Gasteiger partial charge in [0.2, 0.25) is 0 Å². The van der Waals surface area contributed by atoms with Crippen molar-refractivity contribution in [1.82, 2.24) is 4.98 Å². The van der Waals surface area contributed by atoms with Gasteiger partial charge in [0.25, 0.3) is 0 Å². The van der Waals surface area contributed by atoms with Crippen molar-refractivity contribution in [3.05, 3.63) is 58.4 Å². The number of benzene rings is 1. The minimum absolute atomic E-state index is 0.316. The second kappa shape index (κ2) is 4.04. The molecule has 0 aliphatic carbocycles. The number of hydrogen-bond acceptors (Lipinski definition) is 2. The zero-order chi connectivity index (χ0) is 11.8. The van der Waals surface area contributed by atoms with Crippen LogP contribution in [0.25, 0.3) is 0 Å². The first-order valence-corrected chi connectivity index (χ1v) is 6.07. The third-order valence-corrected chi connectivity index (χ3v) is 3.43. The largest absolute Gasteiger partial charge is 0.377 e. The molecule has 0 spiro atoms. The Kier molecular flexibility index (Phi) is 2.52. The predicted octanol–water partition coefficient (Wildman–Crippen LogP) is 3.75. The van der Waals surface area contributed by atoms with Crippen molar-refractivity contribution >= 4 is 17.3 Å². The fourth-order valence-corrected chi connectivity index (χ4v) is 2.70. The van der Waals surface area contributed by atoms with E-state index in [-0.39, 0.29) is 0 Å². The van der Waals surface area contributed by atoms with Crippen LogP contribution in [-0.2, 0) is 6.42 Å². The first-order valence-electron chi connectivity index (χ1n) is 5.69. The highest BCUT2D eigenvalue weighted by molar-refractivity contribution is 6.30. The third-order valence-electron chi connectivity index (χ3n) is 3.21. The van der Waals surface area contributed by atoms with Crippen LogP contribution in [0.3, 0.4) is 0 Å². The van der Waals surface area contributed by atoms with E-state index in [4.69, 9.17) is 11.6 Å². The van der Waals surface area contributed by atoms with Gasteiger partial charge in [0.1, 0.15) is 0 Å². The van der Waals surface area contributed by atoms with Gasteiger partial charge in [-0.1, -0.05) is 17.7 Å². The van der Waals surface area contributed by atoms with E-state index in [2.05, 4.69) is 23.3 Å². The maximum absolute atomic E-state index is 6.08. The summed E-state index contributed by atoms with van der Waals surface area (Å²) in [5.74, 6) is 0. The molecule has 0 bridgehead atoms. The topological polar surface area (TPSA) is 24.9 Å². The molecular formula is C14H13ClN2. The van der Waals surface area contributed by atoms with E-state index in [1.807, 2.05) is 24.4 Å². The molecule has 2 nitrogen and oxygen atoms in total. The van der Waals surface area contributed by atoms with Crippen molar-refractivity contribution in [3.63, 3.8) is 0 Å². The molecule has 0 amide bonds. The van der Waals surface area contributed by atoms with E-state index in [1.165, 1.54) is 22.4 Å². The molecule has 0 radical (unpaired) electrons. The van der Waals surface area contributed by atoms with Crippen LogP contribution in [0.15, 0.2) is 36.7 Å². The van der Waals surface area contributed by atoms with Gasteiger partial charge >= 0.3 is 0 Å². The molecule has 1 aromatic heterocycles. The number of aryl methyl sites for hydroxylation is 1. The summed E-state index contributed by atoms with van der Waals surface area (Å²) in [6, 6.07) is 8.44. The normalized spacial score (nSPS) is 17.6. The Balaban J connectivity index is 1.96. The number of fused-ring (bicyclic) bond motifs is 1. The van der Waals surface area contributed by atoms with Gasteiger partial charge in [-0.05, 0) is 48.2 Å². The SMILES string of the molecule is Cc1cc(Cl)cc2c1NC(c1cccnc1)C2. The van der Waals surface area contributed by atoms with Crippen LogP contribution in [0.4, 0.5) is 5.69 Å². The van der Waals surface area contributed by atoms with Gasteiger partial charge in [-0.2, -0.15) is 0 Å². The molecule has 2 heterocycles. The highest BCUT2D eigenvalue weighted by atomic mass is 35.5. The van der Waals surface area contributed by atoms with E-state index >= 15 is 0 Å². The Morgan fingerprint density at radius 2 is 2.29 bits per heavy atom. The second-order valence-corrected chi connectivity index (χ2v) is 4.88. The monoisotopic (exact) mass is 244 g/mol. The molecular weight excluding hydrogens is 232 g/mol. The average molecular weight is 245 g/mol. The number of rotatable bonds is 1. The van der Waals surface area contributed by atoms with Gasteiger partial charge < -0.3 is 5.32 Å². The number of hydrogen-bond donors (Lipinski definition) is 1. The molecule has 1 aliphatic heterocycles. The van der Waals surface area contributed by atoms with Gasteiger partial charge in [-0.25, -0.2) is 0 Å². The van der Waals surface area contributed by atoms with Crippen molar-refractivity contribution in [2.75, 3.05) is 5.32 Å². The average Bonchev–Trinajstić information content (AvgIpc) is 2.74. The lowest BCUT2D eigenvalue weighted by atomic mass is 10.0. The van der Waals surface area contributed by atoms with E-state index in [9.17, 15) is 0 Å². The Hall–Kier alpha value is -1.54. The fourth-order valence-electron chi connectivity index (χ4n) is 2.41. The second-order valence-electron chi connectivity index (χ2n) is 4.44. The van der Waals surface area contributed by atoms with Crippen LogP contribution in [0, 0.1) is 6.92 Å². The molecule has 0 saturated heterocycles. The standard InChI is InChI=1S/C14H13ClN2/c1-9-5-12(15)6-11-7-13(17-14(9)11)10-3-2-4-16-8-10/h2-6,8,13,17H,7H2,1H3. The van der Waals surface area contributed by atoms with Crippen molar-refractivity contribution in [3.8, 4) is 0 Å². The van der Waals surface area contributed by atoms with Crippen molar-refractivity contribution in [2.24, 2.45) is 0 Å². The van der Waals surface area contributed by atoms with Crippen LogP contribution in [0.1, 0.15) is 22.7 Å². The molecule has 1 aliphatic rings. The number of nitrogens with zero attached hydrogens (tertiary/aromatic N) is 1. The van der Waals surface area contributed by atoms with E-state index in [0.717, 1.165) is 11.4 Å². The maximum Gasteiger partial charge on any atom is 0.0570 e. The summed E-state index contributed by atoms with van der Waals surface area (Å²) in [7, 11) is 0. The van der Waals surface area contributed by atoms with Crippen LogP contribution in [-0.4, -0.2) is 4.98 Å². The third kappa shape index (κ3) is 1.89. The maximum atomic E-state index is 6.08. The molecule has 1 atom stereocenters. The molecule has 1 aromatic carbocycles. The fraction of sp³-hybridized carbons (Fsp3) is 0.214. The van der Waals surface area contributed by atoms with E-state index in [1.54, 1.807) is 6.20 Å². The molecule has 86 valence electrons. The lowest BCUT2D eigenvalue weighted by Gasteiger charge is -2.11. The summed E-state index contributed by atoms with van der Waals surface area (Å²) in [4.78, 5) is 4.17. The molecule has 0 saturated carbocycles. The van der Waals surface area contributed by atoms with Gasteiger partial charge in [0.15, 0.2) is 0 Å². The summed E-state index contributed by atoms with van der Waals surface area (Å²) >= 11 is 6.08. The molecule has 1 unspecified atom stereocenters. The molecule has 3 rings (SSSR count). The molecule has 2 aromatic rings. The molecule has 1 N–H and O–H groups in total. The van der Waals surface area contributed by atoms with Gasteiger partial charge in [0, 0.05) is 23.1 Å². The summed E-state index contributed by atoms with van der Waals surface area (Å²) in [5.41, 5.74) is 4.95. The predicted molar refractivity (Wildman–Crippen MR) is 70.5 cm³/mol. The molecule has 3 heteroatoms. The zero-order valence-electron chi connectivity index (χ0n) is 9.57. The smallest absolute Gasteiger partial charge is 0.0570 e. The van der Waals surface area contributed by atoms with Gasteiger partial charge in [0.05, 0.1) is 6.04 Å². The minimum Gasteiger partial charge on any atom is -0.377 e. The van der Waals surface area contributed by atoms with Crippen LogP contribution >= 0.6 is 11.6 Å². The minimum atomic E-state index is 0.316. The Morgan fingerprint density at radius 1 is 1.41 bits per heavy atom. The number of aromatic nitrogens is 1. The number of nitrogens with one attached hydrogen (secondary N) is 1. The Labute approximate surface area is 106 Å². The highest BCUT2D eigenvalue weighted by Crippen LogP contribution is 2.37. The Bertz CT molecular complexity index is 552. The lowest BCUT2D eigenvalue weighted by molar-refractivity contribution is 0.817. The Morgan fingerprint density at radius 3 is 3.06 bits per heavy atom. The van der Waals surface area contributed by atoms with E-state index < -0.39 is 0 Å². The highest BCUT2D eigenvalue weighted by Gasteiger charge is 2.23. The first kappa shape index (κ1) is 10.6.